The predicted molar refractivity (Wildman–Crippen MR) is 83.8 cm³/mol. The Labute approximate surface area is 127 Å². The van der Waals surface area contributed by atoms with Gasteiger partial charge in [0.25, 0.3) is 0 Å². The Kier molecular flexibility index (Phi) is 2.77. The van der Waals surface area contributed by atoms with E-state index in [2.05, 4.69) is 16.4 Å². The van der Waals surface area contributed by atoms with Gasteiger partial charge in [-0.1, -0.05) is 12.1 Å². The molecule has 0 saturated heterocycles. The summed E-state index contributed by atoms with van der Waals surface area (Å²) in [6.45, 7) is 0.923. The van der Waals surface area contributed by atoms with Crippen LogP contribution in [0.15, 0.2) is 29.2 Å². The van der Waals surface area contributed by atoms with Crippen LogP contribution in [0.2, 0.25) is 0 Å². The van der Waals surface area contributed by atoms with E-state index in [4.69, 9.17) is 10.5 Å². The molecule has 6 heteroatoms. The normalized spacial score (nSPS) is 16.6. The molecule has 0 unspecified atom stereocenters. The standard InChI is InChI=1S/C16H18N4O2/c1-20-9-11-14(19-15(20)21)18-13-10(16(11)5-6-16)3-2-4-12(13)22-8-7-17/h2-4,9H,5-8,17H2,1H3,(H,18,19,21). The fourth-order valence-electron chi connectivity index (χ4n) is 3.27. The highest BCUT2D eigenvalue weighted by molar-refractivity contribution is 5.79. The van der Waals surface area contributed by atoms with Gasteiger partial charge >= 0.3 is 5.69 Å². The summed E-state index contributed by atoms with van der Waals surface area (Å²) in [5.74, 6) is 1.42. The number of hydrogen-bond donors (Lipinski definition) is 2. The highest BCUT2D eigenvalue weighted by Crippen LogP contribution is 2.60. The van der Waals surface area contributed by atoms with Crippen molar-refractivity contribution in [1.29, 1.82) is 0 Å². The van der Waals surface area contributed by atoms with Gasteiger partial charge < -0.3 is 20.4 Å². The van der Waals surface area contributed by atoms with E-state index in [0.29, 0.717) is 19.0 Å². The van der Waals surface area contributed by atoms with Crippen LogP contribution >= 0.6 is 0 Å². The Morgan fingerprint density at radius 2 is 2.23 bits per heavy atom. The topological polar surface area (TPSA) is 82.2 Å². The summed E-state index contributed by atoms with van der Waals surface area (Å²) in [4.78, 5) is 16.0. The monoisotopic (exact) mass is 298 g/mol. The first kappa shape index (κ1) is 13.3. The Bertz CT molecular complexity index is 808. The number of ether oxygens (including phenoxy) is 1. The van der Waals surface area contributed by atoms with Crippen LogP contribution in [0.3, 0.4) is 0 Å². The van der Waals surface area contributed by atoms with E-state index in [0.717, 1.165) is 29.8 Å². The second kappa shape index (κ2) is 4.58. The van der Waals surface area contributed by atoms with Crippen molar-refractivity contribution >= 4 is 11.5 Å². The summed E-state index contributed by atoms with van der Waals surface area (Å²) >= 11 is 0. The lowest BCUT2D eigenvalue weighted by molar-refractivity contribution is 0.329. The maximum atomic E-state index is 11.9. The molecule has 1 aliphatic heterocycles. The number of para-hydroxylation sites is 1. The summed E-state index contributed by atoms with van der Waals surface area (Å²) in [6.07, 6.45) is 4.03. The second-order valence-electron chi connectivity index (χ2n) is 5.92. The van der Waals surface area contributed by atoms with E-state index in [1.165, 1.54) is 5.56 Å². The first-order valence-corrected chi connectivity index (χ1v) is 7.47. The third-order valence-corrected chi connectivity index (χ3v) is 4.51. The van der Waals surface area contributed by atoms with Gasteiger partial charge in [0.05, 0.1) is 5.69 Å². The number of benzene rings is 1. The zero-order chi connectivity index (χ0) is 15.3. The minimum absolute atomic E-state index is 0.0313. The summed E-state index contributed by atoms with van der Waals surface area (Å²) in [5, 5.41) is 3.29. The van der Waals surface area contributed by atoms with Crippen molar-refractivity contribution in [3.8, 4) is 5.75 Å². The molecule has 1 saturated carbocycles. The van der Waals surface area contributed by atoms with Gasteiger partial charge in [-0.2, -0.15) is 4.98 Å². The molecular formula is C16H18N4O2. The van der Waals surface area contributed by atoms with Gasteiger partial charge in [0.15, 0.2) is 0 Å². The van der Waals surface area contributed by atoms with Gasteiger partial charge in [-0.15, -0.1) is 0 Å². The number of nitrogens with one attached hydrogen (secondary N) is 1. The number of aryl methyl sites for hydroxylation is 1. The van der Waals surface area contributed by atoms with Crippen LogP contribution in [-0.2, 0) is 12.5 Å². The number of nitrogens with zero attached hydrogens (tertiary/aromatic N) is 2. The maximum Gasteiger partial charge on any atom is 0.349 e. The Hall–Kier alpha value is -2.34. The highest BCUT2D eigenvalue weighted by Gasteiger charge is 2.52. The molecule has 1 aromatic heterocycles. The smallest absolute Gasteiger partial charge is 0.349 e. The first-order valence-electron chi connectivity index (χ1n) is 7.47. The van der Waals surface area contributed by atoms with Gasteiger partial charge in [0, 0.05) is 30.8 Å². The van der Waals surface area contributed by atoms with Crippen LogP contribution in [0.1, 0.15) is 24.0 Å². The average Bonchev–Trinajstić information content (AvgIpc) is 3.30. The van der Waals surface area contributed by atoms with Crippen LogP contribution in [0.25, 0.3) is 0 Å². The van der Waals surface area contributed by atoms with Crippen LogP contribution in [0.5, 0.6) is 5.75 Å². The molecule has 4 rings (SSSR count). The zero-order valence-corrected chi connectivity index (χ0v) is 12.4. The SMILES string of the molecule is Cn1cc2c(nc1=O)Nc1c(OCCN)cccc1C21CC1. The van der Waals surface area contributed by atoms with Crippen LogP contribution < -0.4 is 21.5 Å². The molecule has 3 N–H and O–H groups in total. The lowest BCUT2D eigenvalue weighted by atomic mass is 9.85. The van der Waals surface area contributed by atoms with Crippen LogP contribution in [-0.4, -0.2) is 22.7 Å². The van der Waals surface area contributed by atoms with Crippen molar-refractivity contribution in [2.75, 3.05) is 18.5 Å². The molecule has 1 spiro atoms. The van der Waals surface area contributed by atoms with E-state index in [1.54, 1.807) is 11.6 Å². The number of aromatic nitrogens is 2. The molecule has 0 radical (unpaired) electrons. The third kappa shape index (κ3) is 1.77. The fourth-order valence-corrected chi connectivity index (χ4v) is 3.27. The Morgan fingerprint density at radius 1 is 1.41 bits per heavy atom. The Morgan fingerprint density at radius 3 is 2.95 bits per heavy atom. The van der Waals surface area contributed by atoms with Crippen molar-refractivity contribution < 1.29 is 4.74 Å². The van der Waals surface area contributed by atoms with E-state index in [9.17, 15) is 4.79 Å². The lowest BCUT2D eigenvalue weighted by Gasteiger charge is -2.30. The number of anilines is 2. The fraction of sp³-hybridized carbons (Fsp3) is 0.375. The number of hydrogen-bond acceptors (Lipinski definition) is 5. The molecule has 0 amide bonds. The lowest BCUT2D eigenvalue weighted by Crippen LogP contribution is -2.28. The van der Waals surface area contributed by atoms with Gasteiger partial charge in [0.2, 0.25) is 0 Å². The van der Waals surface area contributed by atoms with Crippen molar-refractivity contribution in [3.05, 3.63) is 46.0 Å². The van der Waals surface area contributed by atoms with Crippen molar-refractivity contribution in [2.45, 2.75) is 18.3 Å². The molecule has 22 heavy (non-hydrogen) atoms. The molecule has 1 fully saturated rings. The van der Waals surface area contributed by atoms with Crippen LogP contribution in [0.4, 0.5) is 11.5 Å². The molecule has 1 aliphatic carbocycles. The van der Waals surface area contributed by atoms with E-state index in [-0.39, 0.29) is 11.1 Å². The van der Waals surface area contributed by atoms with Crippen molar-refractivity contribution in [2.24, 2.45) is 12.8 Å². The van der Waals surface area contributed by atoms with E-state index < -0.39 is 0 Å². The maximum absolute atomic E-state index is 11.9. The molecule has 0 bridgehead atoms. The molecule has 6 nitrogen and oxygen atoms in total. The molecule has 114 valence electrons. The minimum Gasteiger partial charge on any atom is -0.490 e. The average molecular weight is 298 g/mol. The predicted octanol–water partition coefficient (Wildman–Crippen LogP) is 1.25. The number of rotatable bonds is 3. The van der Waals surface area contributed by atoms with Gasteiger partial charge in [0.1, 0.15) is 18.2 Å². The highest BCUT2D eigenvalue weighted by atomic mass is 16.5. The zero-order valence-electron chi connectivity index (χ0n) is 12.4. The van der Waals surface area contributed by atoms with E-state index >= 15 is 0 Å². The number of fused-ring (bicyclic) bond motifs is 4. The molecule has 2 aliphatic rings. The third-order valence-electron chi connectivity index (χ3n) is 4.51. The van der Waals surface area contributed by atoms with E-state index in [1.807, 2.05) is 18.3 Å². The summed E-state index contributed by atoms with van der Waals surface area (Å²) in [6, 6.07) is 6.05. The minimum atomic E-state index is -0.258. The quantitative estimate of drug-likeness (QED) is 0.891. The summed E-state index contributed by atoms with van der Waals surface area (Å²) < 4.78 is 7.29. The summed E-state index contributed by atoms with van der Waals surface area (Å²) in [7, 11) is 1.74. The molecule has 0 atom stereocenters. The van der Waals surface area contributed by atoms with Crippen LogP contribution in [0, 0.1) is 0 Å². The van der Waals surface area contributed by atoms with Gasteiger partial charge in [-0.3, -0.25) is 0 Å². The number of nitrogens with two attached hydrogens (primary N) is 1. The van der Waals surface area contributed by atoms with Crippen molar-refractivity contribution in [1.82, 2.24) is 9.55 Å². The van der Waals surface area contributed by atoms with Gasteiger partial charge in [-0.25, -0.2) is 4.79 Å². The molecular weight excluding hydrogens is 280 g/mol. The molecule has 1 aromatic carbocycles. The van der Waals surface area contributed by atoms with Crippen molar-refractivity contribution in [3.63, 3.8) is 0 Å². The Balaban J connectivity index is 1.88. The second-order valence-corrected chi connectivity index (χ2v) is 5.92. The molecule has 2 heterocycles. The molecule has 2 aromatic rings. The largest absolute Gasteiger partial charge is 0.490 e. The first-order chi connectivity index (χ1) is 10.7. The van der Waals surface area contributed by atoms with Gasteiger partial charge in [-0.05, 0) is 24.5 Å². The summed E-state index contributed by atoms with van der Waals surface area (Å²) in [5.41, 5.74) is 8.47.